The van der Waals surface area contributed by atoms with Crippen LogP contribution in [-0.4, -0.2) is 24.6 Å². The zero-order valence-electron chi connectivity index (χ0n) is 12.4. The van der Waals surface area contributed by atoms with Crippen molar-refractivity contribution in [2.45, 2.75) is 32.1 Å². The number of esters is 1. The maximum absolute atomic E-state index is 12.5. The highest BCUT2D eigenvalue weighted by Gasteiger charge is 2.43. The molecule has 1 unspecified atom stereocenters. The highest BCUT2D eigenvalue weighted by molar-refractivity contribution is 9.11. The van der Waals surface area contributed by atoms with E-state index >= 15 is 0 Å². The standard InChI is InChI=1S/C16H16BrNO3S/c1-8-13(16(20)21-2)15(11-6-7-12(17)22-11)14-9(18-8)4-3-5-10(14)19/h6-7,13,15H,3-5H2,1-2H3/t13?,15-/m1/s1. The number of hydrogen-bond donors (Lipinski definition) is 0. The van der Waals surface area contributed by atoms with Crippen molar-refractivity contribution >= 4 is 44.7 Å². The van der Waals surface area contributed by atoms with Crippen molar-refractivity contribution in [2.24, 2.45) is 10.9 Å². The number of aliphatic imine (C=N–C) groups is 1. The van der Waals surface area contributed by atoms with E-state index in [-0.39, 0.29) is 17.7 Å². The van der Waals surface area contributed by atoms with Gasteiger partial charge in [-0.25, -0.2) is 0 Å². The van der Waals surface area contributed by atoms with Crippen LogP contribution in [0.4, 0.5) is 0 Å². The van der Waals surface area contributed by atoms with Crippen molar-refractivity contribution < 1.29 is 14.3 Å². The number of ketones is 1. The van der Waals surface area contributed by atoms with E-state index in [4.69, 9.17) is 4.74 Å². The third-order valence-electron chi connectivity index (χ3n) is 4.19. The lowest BCUT2D eigenvalue weighted by molar-refractivity contribution is -0.143. The molecule has 0 N–H and O–H groups in total. The fourth-order valence-electron chi connectivity index (χ4n) is 3.24. The van der Waals surface area contributed by atoms with Crippen molar-refractivity contribution in [1.82, 2.24) is 0 Å². The molecule has 1 aliphatic heterocycles. The Balaban J connectivity index is 2.17. The Labute approximate surface area is 141 Å². The van der Waals surface area contributed by atoms with E-state index in [1.54, 1.807) is 11.3 Å². The van der Waals surface area contributed by atoms with Gasteiger partial charge in [0, 0.05) is 34.2 Å². The molecular formula is C16H16BrNO3S. The van der Waals surface area contributed by atoms with E-state index in [9.17, 15) is 9.59 Å². The lowest BCUT2D eigenvalue weighted by Gasteiger charge is -2.33. The Kier molecular flexibility index (Phi) is 4.32. The van der Waals surface area contributed by atoms with Gasteiger partial charge in [-0.05, 0) is 47.8 Å². The molecule has 0 bridgehead atoms. The number of rotatable bonds is 2. The summed E-state index contributed by atoms with van der Waals surface area (Å²) < 4.78 is 5.96. The Bertz CT molecular complexity index is 704. The van der Waals surface area contributed by atoms with Crippen LogP contribution in [0.15, 0.2) is 32.2 Å². The molecule has 0 fully saturated rings. The van der Waals surface area contributed by atoms with Gasteiger partial charge < -0.3 is 4.74 Å². The van der Waals surface area contributed by atoms with Gasteiger partial charge in [-0.1, -0.05) is 0 Å². The maximum Gasteiger partial charge on any atom is 0.315 e. The number of ether oxygens (including phenoxy) is 1. The van der Waals surface area contributed by atoms with Gasteiger partial charge in [0.25, 0.3) is 0 Å². The lowest BCUT2D eigenvalue weighted by Crippen LogP contribution is -2.36. The van der Waals surface area contributed by atoms with Crippen LogP contribution in [0, 0.1) is 5.92 Å². The second kappa shape index (κ2) is 6.08. The quantitative estimate of drug-likeness (QED) is 0.730. The summed E-state index contributed by atoms with van der Waals surface area (Å²) in [5.74, 6) is -1.01. The average molecular weight is 382 g/mol. The van der Waals surface area contributed by atoms with Crippen LogP contribution in [-0.2, 0) is 14.3 Å². The zero-order chi connectivity index (χ0) is 15.9. The molecule has 22 heavy (non-hydrogen) atoms. The number of methoxy groups -OCH3 is 1. The fraction of sp³-hybridized carbons (Fsp3) is 0.438. The van der Waals surface area contributed by atoms with Gasteiger partial charge in [-0.2, -0.15) is 0 Å². The molecule has 1 aliphatic carbocycles. The first kappa shape index (κ1) is 15.6. The monoisotopic (exact) mass is 381 g/mol. The van der Waals surface area contributed by atoms with Gasteiger partial charge >= 0.3 is 5.97 Å². The Morgan fingerprint density at radius 2 is 2.18 bits per heavy atom. The van der Waals surface area contributed by atoms with E-state index in [1.165, 1.54) is 7.11 Å². The average Bonchev–Trinajstić information content (AvgIpc) is 2.91. The van der Waals surface area contributed by atoms with E-state index in [2.05, 4.69) is 20.9 Å². The predicted molar refractivity (Wildman–Crippen MR) is 89.3 cm³/mol. The summed E-state index contributed by atoms with van der Waals surface area (Å²) in [6.45, 7) is 1.85. The highest BCUT2D eigenvalue weighted by atomic mass is 79.9. The molecule has 0 radical (unpaired) electrons. The SMILES string of the molecule is COC(=O)C1C(C)=NC2=C(C(=O)CCC2)[C@@H]1c1ccc(Br)s1. The molecular weight excluding hydrogens is 366 g/mol. The summed E-state index contributed by atoms with van der Waals surface area (Å²) in [5.41, 5.74) is 2.29. The molecule has 2 aliphatic rings. The Hall–Kier alpha value is -1.27. The topological polar surface area (TPSA) is 55.7 Å². The Morgan fingerprint density at radius 3 is 2.82 bits per heavy atom. The molecule has 0 spiro atoms. The van der Waals surface area contributed by atoms with Crippen molar-refractivity contribution in [1.29, 1.82) is 0 Å². The van der Waals surface area contributed by atoms with Crippen LogP contribution in [0.2, 0.25) is 0 Å². The molecule has 6 heteroatoms. The second-order valence-electron chi connectivity index (χ2n) is 5.51. The van der Waals surface area contributed by atoms with Gasteiger partial charge in [-0.3, -0.25) is 14.6 Å². The first-order chi connectivity index (χ1) is 10.5. The molecule has 116 valence electrons. The molecule has 1 aromatic rings. The molecule has 2 atom stereocenters. The minimum Gasteiger partial charge on any atom is -0.468 e. The maximum atomic E-state index is 12.5. The van der Waals surface area contributed by atoms with Crippen molar-refractivity contribution in [2.75, 3.05) is 7.11 Å². The van der Waals surface area contributed by atoms with Crippen molar-refractivity contribution in [3.63, 3.8) is 0 Å². The highest BCUT2D eigenvalue weighted by Crippen LogP contribution is 2.45. The molecule has 2 heterocycles. The Morgan fingerprint density at radius 1 is 1.41 bits per heavy atom. The van der Waals surface area contributed by atoms with Crippen LogP contribution in [0.1, 0.15) is 37.0 Å². The second-order valence-corrected chi connectivity index (χ2v) is 8.01. The third kappa shape index (κ3) is 2.58. The number of Topliss-reactive ketones (excluding diaryl/α,β-unsaturated/α-hetero) is 1. The zero-order valence-corrected chi connectivity index (χ0v) is 14.8. The summed E-state index contributed by atoms with van der Waals surface area (Å²) >= 11 is 5.02. The first-order valence-corrected chi connectivity index (χ1v) is 8.78. The van der Waals surface area contributed by atoms with Crippen LogP contribution in [0.25, 0.3) is 0 Å². The van der Waals surface area contributed by atoms with Crippen molar-refractivity contribution in [3.05, 3.63) is 32.1 Å². The summed E-state index contributed by atoms with van der Waals surface area (Å²) in [5, 5.41) is 0. The third-order valence-corrected chi connectivity index (χ3v) is 5.90. The van der Waals surface area contributed by atoms with E-state index in [1.807, 2.05) is 19.1 Å². The first-order valence-electron chi connectivity index (χ1n) is 7.17. The summed E-state index contributed by atoms with van der Waals surface area (Å²) in [4.78, 5) is 30.4. The molecule has 1 aromatic heterocycles. The normalized spacial score (nSPS) is 24.9. The molecule has 3 rings (SSSR count). The molecule has 4 nitrogen and oxygen atoms in total. The molecule has 0 aromatic carbocycles. The van der Waals surface area contributed by atoms with E-state index in [0.29, 0.717) is 12.0 Å². The van der Waals surface area contributed by atoms with Gasteiger partial charge in [-0.15, -0.1) is 11.3 Å². The molecule has 0 saturated carbocycles. The summed E-state index contributed by atoms with van der Waals surface area (Å²) in [6, 6.07) is 3.92. The minimum atomic E-state index is -0.517. The van der Waals surface area contributed by atoms with Crippen LogP contribution < -0.4 is 0 Å². The van der Waals surface area contributed by atoms with Crippen LogP contribution >= 0.6 is 27.3 Å². The van der Waals surface area contributed by atoms with Gasteiger partial charge in [0.1, 0.15) is 5.92 Å². The smallest absolute Gasteiger partial charge is 0.315 e. The van der Waals surface area contributed by atoms with Gasteiger partial charge in [0.2, 0.25) is 0 Å². The van der Waals surface area contributed by atoms with Crippen LogP contribution in [0.3, 0.4) is 0 Å². The molecule has 0 saturated heterocycles. The number of thiophene rings is 1. The van der Waals surface area contributed by atoms with Crippen LogP contribution in [0.5, 0.6) is 0 Å². The number of allylic oxidation sites excluding steroid dienone is 2. The minimum absolute atomic E-state index is 0.112. The largest absolute Gasteiger partial charge is 0.468 e. The van der Waals surface area contributed by atoms with E-state index < -0.39 is 5.92 Å². The molecule has 0 amide bonds. The van der Waals surface area contributed by atoms with Crippen molar-refractivity contribution in [3.8, 4) is 0 Å². The lowest BCUT2D eigenvalue weighted by atomic mass is 9.74. The predicted octanol–water partition coefficient (Wildman–Crippen LogP) is 3.87. The van der Waals surface area contributed by atoms with E-state index in [0.717, 1.165) is 32.9 Å². The number of carbonyl (C=O) groups is 2. The summed E-state index contributed by atoms with van der Waals surface area (Å²) in [6.07, 6.45) is 2.16. The summed E-state index contributed by atoms with van der Waals surface area (Å²) in [7, 11) is 1.38. The number of nitrogens with zero attached hydrogens (tertiary/aromatic N) is 1. The fourth-order valence-corrected chi connectivity index (χ4v) is 4.81. The van der Waals surface area contributed by atoms with Gasteiger partial charge in [0.15, 0.2) is 5.78 Å². The number of hydrogen-bond acceptors (Lipinski definition) is 5. The number of carbonyl (C=O) groups excluding carboxylic acids is 2. The number of halogens is 1. The van der Waals surface area contributed by atoms with Gasteiger partial charge in [0.05, 0.1) is 10.9 Å².